The van der Waals surface area contributed by atoms with Crippen LogP contribution < -0.4 is 5.32 Å². The summed E-state index contributed by atoms with van der Waals surface area (Å²) in [5, 5.41) is 16.5. The zero-order chi connectivity index (χ0) is 15.7. The largest absolute Gasteiger partial charge is 0.481 e. The third-order valence-corrected chi connectivity index (χ3v) is 4.18. The summed E-state index contributed by atoms with van der Waals surface area (Å²) in [5.41, 5.74) is 1.56. The number of carboxylic acid groups (broad SMARTS) is 1. The van der Waals surface area contributed by atoms with Crippen molar-refractivity contribution in [2.24, 2.45) is 5.92 Å². The van der Waals surface area contributed by atoms with E-state index in [9.17, 15) is 9.59 Å². The minimum Gasteiger partial charge on any atom is -0.481 e. The number of hydrogen-bond acceptors (Lipinski definition) is 5. The lowest BCUT2D eigenvalue weighted by atomic mass is 9.86. The summed E-state index contributed by atoms with van der Waals surface area (Å²) in [6.07, 6.45) is 4.03. The first-order valence-electron chi connectivity index (χ1n) is 7.30. The molecule has 0 aromatic carbocycles. The zero-order valence-electron chi connectivity index (χ0n) is 12.2. The number of fused-ring (bicyclic) bond motifs is 1. The molecule has 1 amide bonds. The summed E-state index contributed by atoms with van der Waals surface area (Å²) in [7, 11) is 0. The van der Waals surface area contributed by atoms with Gasteiger partial charge in [-0.15, -0.1) is 0 Å². The van der Waals surface area contributed by atoms with Crippen LogP contribution in [0, 0.1) is 12.8 Å². The molecule has 0 radical (unpaired) electrons. The molecule has 7 nitrogen and oxygen atoms in total. The van der Waals surface area contributed by atoms with Crippen LogP contribution in [0.15, 0.2) is 16.8 Å². The van der Waals surface area contributed by atoms with Crippen molar-refractivity contribution >= 4 is 23.0 Å². The highest BCUT2D eigenvalue weighted by Gasteiger charge is 2.27. The molecule has 2 aromatic rings. The van der Waals surface area contributed by atoms with E-state index in [1.165, 1.54) is 6.20 Å². The standard InChI is InChI=1S/C15H17N3O4/c1-8-12-6-10(7-16-14(12)22-18-8)13(19)17-11-4-2-9(3-5-11)15(20)21/h6-7,9,11H,2-5H2,1H3,(H,17,19)(H,20,21). The number of carboxylic acids is 1. The topological polar surface area (TPSA) is 105 Å². The Morgan fingerprint density at radius 3 is 2.73 bits per heavy atom. The molecule has 22 heavy (non-hydrogen) atoms. The van der Waals surface area contributed by atoms with E-state index in [2.05, 4.69) is 15.5 Å². The number of carbonyl (C=O) groups is 2. The lowest BCUT2D eigenvalue weighted by Gasteiger charge is -2.26. The molecule has 0 saturated heterocycles. The molecule has 1 aliphatic carbocycles. The van der Waals surface area contributed by atoms with E-state index in [4.69, 9.17) is 9.63 Å². The Kier molecular flexibility index (Phi) is 3.79. The maximum atomic E-state index is 12.3. The average molecular weight is 303 g/mol. The number of nitrogens with one attached hydrogen (secondary N) is 1. The smallest absolute Gasteiger partial charge is 0.306 e. The third-order valence-electron chi connectivity index (χ3n) is 4.18. The van der Waals surface area contributed by atoms with Crippen molar-refractivity contribution in [2.45, 2.75) is 38.6 Å². The molecule has 1 fully saturated rings. The van der Waals surface area contributed by atoms with Gasteiger partial charge in [0.2, 0.25) is 0 Å². The molecular formula is C15H17N3O4. The minimum atomic E-state index is -0.748. The number of amides is 1. The number of aromatic nitrogens is 2. The maximum absolute atomic E-state index is 12.3. The highest BCUT2D eigenvalue weighted by molar-refractivity contribution is 5.97. The quantitative estimate of drug-likeness (QED) is 0.897. The first-order chi connectivity index (χ1) is 10.5. The van der Waals surface area contributed by atoms with Gasteiger partial charge in [0, 0.05) is 12.2 Å². The van der Waals surface area contributed by atoms with E-state index < -0.39 is 5.97 Å². The van der Waals surface area contributed by atoms with Gasteiger partial charge in [-0.3, -0.25) is 9.59 Å². The van der Waals surface area contributed by atoms with Crippen LogP contribution >= 0.6 is 0 Å². The zero-order valence-corrected chi connectivity index (χ0v) is 12.2. The van der Waals surface area contributed by atoms with Gasteiger partial charge in [-0.1, -0.05) is 5.16 Å². The predicted molar refractivity (Wildman–Crippen MR) is 77.4 cm³/mol. The van der Waals surface area contributed by atoms with Crippen molar-refractivity contribution in [3.8, 4) is 0 Å². The Hall–Kier alpha value is -2.44. The molecule has 2 N–H and O–H groups in total. The molecule has 2 heterocycles. The van der Waals surface area contributed by atoms with Crippen LogP contribution in [0.2, 0.25) is 0 Å². The Labute approximate surface area is 126 Å². The highest BCUT2D eigenvalue weighted by Crippen LogP contribution is 2.25. The van der Waals surface area contributed by atoms with Crippen molar-refractivity contribution < 1.29 is 19.2 Å². The lowest BCUT2D eigenvalue weighted by molar-refractivity contribution is -0.142. The first-order valence-corrected chi connectivity index (χ1v) is 7.30. The second-order valence-corrected chi connectivity index (χ2v) is 5.70. The van der Waals surface area contributed by atoms with Crippen molar-refractivity contribution in [2.75, 3.05) is 0 Å². The van der Waals surface area contributed by atoms with Crippen LogP contribution in [0.3, 0.4) is 0 Å². The van der Waals surface area contributed by atoms with Gasteiger partial charge in [0.1, 0.15) is 0 Å². The van der Waals surface area contributed by atoms with Crippen molar-refractivity contribution in [3.05, 3.63) is 23.5 Å². The molecule has 2 aromatic heterocycles. The van der Waals surface area contributed by atoms with Crippen LogP contribution in [0.1, 0.15) is 41.7 Å². The molecule has 1 aliphatic rings. The van der Waals surface area contributed by atoms with Gasteiger partial charge in [0.15, 0.2) is 0 Å². The molecule has 0 bridgehead atoms. The van der Waals surface area contributed by atoms with Crippen LogP contribution in [0.5, 0.6) is 0 Å². The fourth-order valence-electron chi connectivity index (χ4n) is 2.82. The molecule has 116 valence electrons. The number of aryl methyl sites for hydroxylation is 1. The number of rotatable bonds is 3. The van der Waals surface area contributed by atoms with Crippen molar-refractivity contribution in [1.29, 1.82) is 0 Å². The molecular weight excluding hydrogens is 286 g/mol. The Morgan fingerprint density at radius 2 is 2.05 bits per heavy atom. The van der Waals surface area contributed by atoms with E-state index in [-0.39, 0.29) is 17.9 Å². The minimum absolute atomic E-state index is 0.0161. The highest BCUT2D eigenvalue weighted by atomic mass is 16.5. The Balaban J connectivity index is 1.66. The van der Waals surface area contributed by atoms with Crippen molar-refractivity contribution in [1.82, 2.24) is 15.5 Å². The van der Waals surface area contributed by atoms with E-state index in [0.717, 1.165) is 5.39 Å². The summed E-state index contributed by atoms with van der Waals surface area (Å²) >= 11 is 0. The molecule has 0 aliphatic heterocycles. The normalized spacial score (nSPS) is 21.7. The average Bonchev–Trinajstić information content (AvgIpc) is 2.88. The summed E-state index contributed by atoms with van der Waals surface area (Å²) in [6, 6.07) is 1.73. The van der Waals surface area contributed by atoms with Gasteiger partial charge in [-0.05, 0) is 38.7 Å². The first kappa shape index (κ1) is 14.5. The SMILES string of the molecule is Cc1noc2ncc(C(=O)NC3CCC(C(=O)O)CC3)cc12. The van der Waals surface area contributed by atoms with Crippen molar-refractivity contribution in [3.63, 3.8) is 0 Å². The van der Waals surface area contributed by atoms with E-state index in [1.54, 1.807) is 13.0 Å². The molecule has 7 heteroatoms. The van der Waals surface area contributed by atoms with Crippen LogP contribution in [0.4, 0.5) is 0 Å². The van der Waals surface area contributed by atoms with E-state index >= 15 is 0 Å². The van der Waals surface area contributed by atoms with Gasteiger partial charge in [-0.25, -0.2) is 4.98 Å². The summed E-state index contributed by atoms with van der Waals surface area (Å²) in [4.78, 5) is 27.3. The van der Waals surface area contributed by atoms with Gasteiger partial charge in [-0.2, -0.15) is 0 Å². The fraction of sp³-hybridized carbons (Fsp3) is 0.467. The molecule has 0 atom stereocenters. The number of hydrogen-bond donors (Lipinski definition) is 2. The number of nitrogens with zero attached hydrogens (tertiary/aromatic N) is 2. The summed E-state index contributed by atoms with van der Waals surface area (Å²) in [5.74, 6) is -1.23. The Bertz CT molecular complexity index is 717. The number of pyridine rings is 1. The second kappa shape index (κ2) is 5.75. The molecule has 0 unspecified atom stereocenters. The summed E-state index contributed by atoms with van der Waals surface area (Å²) in [6.45, 7) is 1.79. The van der Waals surface area contributed by atoms with Gasteiger partial charge in [0.25, 0.3) is 11.6 Å². The number of aliphatic carboxylic acids is 1. The fourth-order valence-corrected chi connectivity index (χ4v) is 2.82. The molecule has 1 saturated carbocycles. The van der Waals surface area contributed by atoms with E-state index in [0.29, 0.717) is 42.7 Å². The van der Waals surface area contributed by atoms with E-state index in [1.807, 2.05) is 0 Å². The lowest BCUT2D eigenvalue weighted by Crippen LogP contribution is -2.38. The van der Waals surface area contributed by atoms with Crippen LogP contribution in [0.25, 0.3) is 11.1 Å². The predicted octanol–water partition coefficient (Wildman–Crippen LogP) is 1.90. The Morgan fingerprint density at radius 1 is 1.32 bits per heavy atom. The maximum Gasteiger partial charge on any atom is 0.306 e. The molecule has 0 spiro atoms. The monoisotopic (exact) mass is 303 g/mol. The van der Waals surface area contributed by atoms with Crippen LogP contribution in [-0.4, -0.2) is 33.2 Å². The summed E-state index contributed by atoms with van der Waals surface area (Å²) < 4.78 is 5.02. The van der Waals surface area contributed by atoms with Gasteiger partial charge in [0.05, 0.1) is 22.6 Å². The molecule has 3 rings (SSSR count). The number of carbonyl (C=O) groups excluding carboxylic acids is 1. The second-order valence-electron chi connectivity index (χ2n) is 5.70. The van der Waals surface area contributed by atoms with Gasteiger partial charge < -0.3 is 14.9 Å². The van der Waals surface area contributed by atoms with Gasteiger partial charge >= 0.3 is 5.97 Å². The van der Waals surface area contributed by atoms with Crippen LogP contribution in [-0.2, 0) is 4.79 Å². The third kappa shape index (κ3) is 2.79.